The van der Waals surface area contributed by atoms with Gasteiger partial charge in [0.05, 0.1) is 12.6 Å². The molecule has 5 heteroatoms. The second-order valence-corrected chi connectivity index (χ2v) is 6.35. The lowest BCUT2D eigenvalue weighted by Gasteiger charge is -2.35. The number of thioether (sulfide) groups is 1. The molecule has 1 saturated carbocycles. The fourth-order valence-electron chi connectivity index (χ4n) is 2.48. The number of hydrogen-bond donors (Lipinski definition) is 2. The average Bonchev–Trinajstić information content (AvgIpc) is 2.39. The van der Waals surface area contributed by atoms with Crippen LogP contribution in [0.15, 0.2) is 29.2 Å². The van der Waals surface area contributed by atoms with Crippen molar-refractivity contribution in [3.05, 3.63) is 24.3 Å². The van der Waals surface area contributed by atoms with E-state index in [0.29, 0.717) is 18.1 Å². The number of hydrogen-bond acceptors (Lipinski definition) is 4. The summed E-state index contributed by atoms with van der Waals surface area (Å²) in [5.74, 6) is 0.470. The van der Waals surface area contributed by atoms with Crippen LogP contribution >= 0.6 is 11.8 Å². The van der Waals surface area contributed by atoms with E-state index in [4.69, 9.17) is 16.2 Å². The molecule has 0 saturated heterocycles. The first kappa shape index (κ1) is 14.2. The molecule has 1 aromatic carbocycles. The van der Waals surface area contributed by atoms with Crippen molar-refractivity contribution in [2.24, 2.45) is 11.5 Å². The Morgan fingerprint density at radius 2 is 2.21 bits per heavy atom. The summed E-state index contributed by atoms with van der Waals surface area (Å²) in [6.45, 7) is 0. The van der Waals surface area contributed by atoms with Crippen LogP contribution in [-0.2, 0) is 4.79 Å². The van der Waals surface area contributed by atoms with Crippen LogP contribution in [0.25, 0.3) is 0 Å². The molecule has 0 spiro atoms. The number of carbonyl (C=O) groups is 1. The highest BCUT2D eigenvalue weighted by atomic mass is 32.2. The van der Waals surface area contributed by atoms with Crippen molar-refractivity contribution in [3.8, 4) is 5.75 Å². The molecule has 1 aliphatic carbocycles. The summed E-state index contributed by atoms with van der Waals surface area (Å²) in [4.78, 5) is 12.5. The Labute approximate surface area is 117 Å². The molecule has 1 fully saturated rings. The van der Waals surface area contributed by atoms with Crippen molar-refractivity contribution in [3.63, 3.8) is 0 Å². The molecule has 0 bridgehead atoms. The zero-order valence-electron chi connectivity index (χ0n) is 11.1. The monoisotopic (exact) mass is 280 g/mol. The predicted octanol–water partition coefficient (Wildman–Crippen LogP) is 1.91. The number of benzene rings is 1. The minimum Gasteiger partial charge on any atom is -0.496 e. The molecule has 104 valence electrons. The molecule has 2 rings (SSSR count). The van der Waals surface area contributed by atoms with Crippen LogP contribution < -0.4 is 16.2 Å². The minimum absolute atomic E-state index is 0.308. The van der Waals surface area contributed by atoms with E-state index in [2.05, 4.69) is 0 Å². The lowest BCUT2D eigenvalue weighted by Crippen LogP contribution is -2.55. The Bertz CT molecular complexity index is 467. The molecule has 1 aromatic rings. The quantitative estimate of drug-likeness (QED) is 0.883. The fourth-order valence-corrected chi connectivity index (χ4v) is 3.92. The molecule has 0 radical (unpaired) electrons. The van der Waals surface area contributed by atoms with E-state index in [1.54, 1.807) is 18.9 Å². The minimum atomic E-state index is -0.849. The summed E-state index contributed by atoms with van der Waals surface area (Å²) in [5, 5.41) is 0.308. The van der Waals surface area contributed by atoms with Crippen molar-refractivity contribution in [1.29, 1.82) is 0 Å². The van der Waals surface area contributed by atoms with Gasteiger partial charge in [-0.3, -0.25) is 4.79 Å². The third-order valence-electron chi connectivity index (χ3n) is 3.59. The molecule has 2 unspecified atom stereocenters. The lowest BCUT2D eigenvalue weighted by atomic mass is 9.82. The van der Waals surface area contributed by atoms with E-state index in [1.165, 1.54) is 0 Å². The Morgan fingerprint density at radius 3 is 2.89 bits per heavy atom. The smallest absolute Gasteiger partial charge is 0.237 e. The van der Waals surface area contributed by atoms with Gasteiger partial charge in [0.25, 0.3) is 0 Å². The van der Waals surface area contributed by atoms with Gasteiger partial charge in [0.1, 0.15) is 5.75 Å². The zero-order chi connectivity index (χ0) is 13.9. The normalized spacial score (nSPS) is 26.9. The van der Waals surface area contributed by atoms with Gasteiger partial charge < -0.3 is 16.2 Å². The Morgan fingerprint density at radius 1 is 1.47 bits per heavy atom. The standard InChI is InChI=1S/C14H20N2O2S/c1-18-11-6-2-3-7-12(11)19-10-5-4-8-14(16,9-10)13(15)17/h2-3,6-7,10H,4-5,8-9,16H2,1H3,(H2,15,17). The molecule has 1 amide bonds. The first-order valence-corrected chi connectivity index (χ1v) is 7.31. The predicted molar refractivity (Wildman–Crippen MR) is 77.2 cm³/mol. The second kappa shape index (κ2) is 5.84. The number of methoxy groups -OCH3 is 1. The van der Waals surface area contributed by atoms with Crippen LogP contribution in [0, 0.1) is 0 Å². The molecule has 0 aliphatic heterocycles. The van der Waals surface area contributed by atoms with Crippen molar-refractivity contribution in [1.82, 2.24) is 0 Å². The molecule has 4 N–H and O–H groups in total. The molecule has 0 aromatic heterocycles. The van der Waals surface area contributed by atoms with Gasteiger partial charge in [-0.1, -0.05) is 12.1 Å². The van der Waals surface area contributed by atoms with Crippen LogP contribution in [0.4, 0.5) is 0 Å². The average molecular weight is 280 g/mol. The summed E-state index contributed by atoms with van der Waals surface area (Å²) in [5.41, 5.74) is 10.7. The van der Waals surface area contributed by atoms with Crippen molar-refractivity contribution in [2.45, 2.75) is 41.4 Å². The number of para-hydroxylation sites is 1. The molecule has 1 aliphatic rings. The Balaban J connectivity index is 2.09. The van der Waals surface area contributed by atoms with Crippen molar-refractivity contribution < 1.29 is 9.53 Å². The van der Waals surface area contributed by atoms with Crippen LogP contribution in [-0.4, -0.2) is 23.8 Å². The fraction of sp³-hybridized carbons (Fsp3) is 0.500. The summed E-state index contributed by atoms with van der Waals surface area (Å²) in [6.07, 6.45) is 3.30. The number of rotatable bonds is 4. The number of ether oxygens (including phenoxy) is 1. The number of primary amides is 1. The SMILES string of the molecule is COc1ccccc1SC1CCCC(N)(C(N)=O)C1. The first-order valence-electron chi connectivity index (χ1n) is 6.43. The maximum absolute atomic E-state index is 11.5. The van der Waals surface area contributed by atoms with Gasteiger partial charge in [-0.2, -0.15) is 0 Å². The molecule has 19 heavy (non-hydrogen) atoms. The van der Waals surface area contributed by atoms with Crippen molar-refractivity contribution in [2.75, 3.05) is 7.11 Å². The molecule has 2 atom stereocenters. The van der Waals surface area contributed by atoms with E-state index < -0.39 is 11.4 Å². The van der Waals surface area contributed by atoms with E-state index in [-0.39, 0.29) is 0 Å². The van der Waals surface area contributed by atoms with Crippen molar-refractivity contribution >= 4 is 17.7 Å². The van der Waals surface area contributed by atoms with Gasteiger partial charge in [-0.05, 0) is 37.8 Å². The van der Waals surface area contributed by atoms with Crippen LogP contribution in [0.5, 0.6) is 5.75 Å². The van der Waals surface area contributed by atoms with Gasteiger partial charge in [0.2, 0.25) is 5.91 Å². The maximum atomic E-state index is 11.5. The van der Waals surface area contributed by atoms with Gasteiger partial charge in [0.15, 0.2) is 0 Å². The largest absolute Gasteiger partial charge is 0.496 e. The molecule has 0 heterocycles. The number of amides is 1. The van der Waals surface area contributed by atoms with E-state index in [1.807, 2.05) is 24.3 Å². The van der Waals surface area contributed by atoms with E-state index in [9.17, 15) is 4.79 Å². The van der Waals surface area contributed by atoms with Crippen LogP contribution in [0.2, 0.25) is 0 Å². The highest BCUT2D eigenvalue weighted by Gasteiger charge is 2.38. The summed E-state index contributed by atoms with van der Waals surface area (Å²) < 4.78 is 5.34. The summed E-state index contributed by atoms with van der Waals surface area (Å²) in [6, 6.07) is 7.90. The first-order chi connectivity index (χ1) is 9.05. The lowest BCUT2D eigenvalue weighted by molar-refractivity contribution is -0.124. The van der Waals surface area contributed by atoms with Gasteiger partial charge in [-0.15, -0.1) is 11.8 Å². The highest BCUT2D eigenvalue weighted by Crippen LogP contribution is 2.40. The Kier molecular flexibility index (Phi) is 4.37. The van der Waals surface area contributed by atoms with Crippen LogP contribution in [0.3, 0.4) is 0 Å². The molecular weight excluding hydrogens is 260 g/mol. The second-order valence-electron chi connectivity index (χ2n) is 5.01. The number of carbonyl (C=O) groups excluding carboxylic acids is 1. The highest BCUT2D eigenvalue weighted by molar-refractivity contribution is 8.00. The van der Waals surface area contributed by atoms with E-state index >= 15 is 0 Å². The third-order valence-corrected chi connectivity index (χ3v) is 4.92. The zero-order valence-corrected chi connectivity index (χ0v) is 11.9. The van der Waals surface area contributed by atoms with Gasteiger partial charge >= 0.3 is 0 Å². The van der Waals surface area contributed by atoms with Gasteiger partial charge in [0, 0.05) is 10.1 Å². The van der Waals surface area contributed by atoms with E-state index in [0.717, 1.165) is 23.5 Å². The summed E-state index contributed by atoms with van der Waals surface area (Å²) >= 11 is 1.72. The maximum Gasteiger partial charge on any atom is 0.237 e. The third kappa shape index (κ3) is 3.22. The summed E-state index contributed by atoms with van der Waals surface area (Å²) in [7, 11) is 1.66. The topological polar surface area (TPSA) is 78.3 Å². The number of nitrogens with two attached hydrogens (primary N) is 2. The van der Waals surface area contributed by atoms with Gasteiger partial charge in [-0.25, -0.2) is 0 Å². The molecule has 4 nitrogen and oxygen atoms in total. The molecular formula is C14H20N2O2S. The van der Waals surface area contributed by atoms with Crippen LogP contribution in [0.1, 0.15) is 25.7 Å². The Hall–Kier alpha value is -1.20.